The molecule has 0 saturated heterocycles. The van der Waals surface area contributed by atoms with Gasteiger partial charge in [-0.05, 0) is 70.1 Å². The molecule has 10 rings (SSSR count). The van der Waals surface area contributed by atoms with E-state index in [0.29, 0.717) is 0 Å². The van der Waals surface area contributed by atoms with E-state index in [1.165, 1.54) is 77.8 Å². The summed E-state index contributed by atoms with van der Waals surface area (Å²) in [6.45, 7) is 11.9. The summed E-state index contributed by atoms with van der Waals surface area (Å²) in [6, 6.07) is 39.0. The van der Waals surface area contributed by atoms with Crippen LogP contribution in [0.5, 0.6) is 0 Å². The second-order valence-corrected chi connectivity index (χ2v) is 14.8. The van der Waals surface area contributed by atoms with E-state index in [1.54, 1.807) is 0 Å². The highest BCUT2D eigenvalue weighted by molar-refractivity contribution is 6.12. The Morgan fingerprint density at radius 1 is 0.600 bits per heavy atom. The van der Waals surface area contributed by atoms with Crippen LogP contribution in [0.4, 0.5) is 11.4 Å². The highest BCUT2D eigenvalue weighted by atomic mass is 15.2. The third-order valence-electron chi connectivity index (χ3n) is 11.8. The molecule has 45 heavy (non-hydrogen) atoms. The number of benzene rings is 5. The largest absolute Gasteiger partial charge is 0.330 e. The molecule has 0 saturated carbocycles. The maximum Gasteiger partial charge on any atom is 0.0712 e. The van der Waals surface area contributed by atoms with Gasteiger partial charge in [0.15, 0.2) is 0 Å². The van der Waals surface area contributed by atoms with Crippen LogP contribution in [-0.4, -0.2) is 10.1 Å². The van der Waals surface area contributed by atoms with Crippen LogP contribution in [0.1, 0.15) is 73.9 Å². The molecule has 4 heterocycles. The standard InChI is InChI=1S/C43H36N2/c1-41(2)31-14-6-8-18-37(31)44-36-21-20-26(24-30(36)28-12-10-16-33(41)39(28)44)27-22-23-43(5)35(25-27)29-13-11-17-34-40(29)45(43)38-19-9-7-15-32(38)42(34,3)4/h6-25,35H,1-5H3. The van der Waals surface area contributed by atoms with Crippen molar-refractivity contribution < 1.29 is 0 Å². The van der Waals surface area contributed by atoms with E-state index in [2.05, 4.69) is 165 Å². The van der Waals surface area contributed by atoms with E-state index in [0.717, 1.165) is 0 Å². The van der Waals surface area contributed by atoms with Crippen LogP contribution in [0, 0.1) is 0 Å². The van der Waals surface area contributed by atoms with Gasteiger partial charge in [0.1, 0.15) is 0 Å². The predicted octanol–water partition coefficient (Wildman–Crippen LogP) is 10.7. The first kappa shape index (κ1) is 25.5. The summed E-state index contributed by atoms with van der Waals surface area (Å²) >= 11 is 0. The van der Waals surface area contributed by atoms with Crippen molar-refractivity contribution in [2.75, 3.05) is 4.90 Å². The van der Waals surface area contributed by atoms with Crippen molar-refractivity contribution in [3.63, 3.8) is 0 Å². The molecule has 0 bridgehead atoms. The van der Waals surface area contributed by atoms with Crippen LogP contribution in [-0.2, 0) is 10.8 Å². The van der Waals surface area contributed by atoms with Crippen molar-refractivity contribution in [2.45, 2.75) is 56.9 Å². The minimum Gasteiger partial charge on any atom is -0.330 e. The van der Waals surface area contributed by atoms with Crippen molar-refractivity contribution in [3.05, 3.63) is 155 Å². The Morgan fingerprint density at radius 2 is 1.27 bits per heavy atom. The Labute approximate surface area is 264 Å². The van der Waals surface area contributed by atoms with Gasteiger partial charge < -0.3 is 9.47 Å². The first-order chi connectivity index (χ1) is 21.7. The van der Waals surface area contributed by atoms with Crippen LogP contribution in [0.25, 0.3) is 33.1 Å². The number of hydrogen-bond donors (Lipinski definition) is 0. The molecule has 218 valence electrons. The molecule has 0 N–H and O–H groups in total. The molecule has 4 aliphatic rings. The second kappa shape index (κ2) is 8.06. The lowest BCUT2D eigenvalue weighted by Gasteiger charge is -2.46. The Bertz CT molecular complexity index is 2360. The number of rotatable bonds is 1. The van der Waals surface area contributed by atoms with Crippen molar-refractivity contribution >= 4 is 38.8 Å². The van der Waals surface area contributed by atoms with E-state index in [9.17, 15) is 0 Å². The zero-order valence-corrected chi connectivity index (χ0v) is 26.5. The van der Waals surface area contributed by atoms with E-state index in [1.807, 2.05) is 0 Å². The number of aromatic nitrogens is 1. The molecule has 6 aromatic rings. The van der Waals surface area contributed by atoms with Gasteiger partial charge in [0.05, 0.1) is 22.3 Å². The van der Waals surface area contributed by atoms with Crippen molar-refractivity contribution in [3.8, 4) is 5.69 Å². The topological polar surface area (TPSA) is 8.17 Å². The van der Waals surface area contributed by atoms with Crippen LogP contribution < -0.4 is 4.90 Å². The van der Waals surface area contributed by atoms with Crippen molar-refractivity contribution in [2.24, 2.45) is 0 Å². The number of allylic oxidation sites excluding steroid dienone is 2. The molecule has 5 aromatic carbocycles. The zero-order chi connectivity index (χ0) is 30.5. The summed E-state index contributed by atoms with van der Waals surface area (Å²) in [7, 11) is 0. The number of hydrogen-bond acceptors (Lipinski definition) is 1. The van der Waals surface area contributed by atoms with Crippen molar-refractivity contribution in [1.29, 1.82) is 0 Å². The highest BCUT2D eigenvalue weighted by Gasteiger charge is 2.53. The lowest BCUT2D eigenvalue weighted by Crippen LogP contribution is -2.45. The van der Waals surface area contributed by atoms with Gasteiger partial charge in [0, 0.05) is 38.9 Å². The van der Waals surface area contributed by atoms with E-state index in [-0.39, 0.29) is 22.3 Å². The quantitative estimate of drug-likeness (QED) is 0.188. The molecule has 2 unspecified atom stereocenters. The van der Waals surface area contributed by atoms with Gasteiger partial charge in [-0.2, -0.15) is 0 Å². The molecule has 3 aliphatic heterocycles. The third-order valence-corrected chi connectivity index (χ3v) is 11.8. The third kappa shape index (κ3) is 2.92. The summed E-state index contributed by atoms with van der Waals surface area (Å²) < 4.78 is 2.51. The fraction of sp³-hybridized carbons (Fsp3) is 0.209. The average Bonchev–Trinajstić information content (AvgIpc) is 3.52. The average molecular weight is 581 g/mol. The monoisotopic (exact) mass is 580 g/mol. The second-order valence-electron chi connectivity index (χ2n) is 14.8. The molecular weight excluding hydrogens is 544 g/mol. The summed E-state index contributed by atoms with van der Waals surface area (Å²) in [5.74, 6) is 0.257. The number of anilines is 2. The summed E-state index contributed by atoms with van der Waals surface area (Å²) in [5, 5.41) is 2.66. The number of fused-ring (bicyclic) bond motifs is 10. The smallest absolute Gasteiger partial charge is 0.0712 e. The van der Waals surface area contributed by atoms with Gasteiger partial charge in [-0.3, -0.25) is 0 Å². The van der Waals surface area contributed by atoms with Gasteiger partial charge in [-0.25, -0.2) is 0 Å². The van der Waals surface area contributed by atoms with Crippen molar-refractivity contribution in [1.82, 2.24) is 4.57 Å². The normalized spacial score (nSPS) is 22.6. The summed E-state index contributed by atoms with van der Waals surface area (Å²) in [4.78, 5) is 2.64. The minimum atomic E-state index is -0.169. The summed E-state index contributed by atoms with van der Waals surface area (Å²) in [5.41, 5.74) is 16.0. The molecule has 2 atom stereocenters. The van der Waals surface area contributed by atoms with E-state index < -0.39 is 0 Å². The van der Waals surface area contributed by atoms with Crippen LogP contribution in [0.3, 0.4) is 0 Å². The molecule has 1 aliphatic carbocycles. The maximum atomic E-state index is 2.64. The SMILES string of the molecule is CC1(C)c2ccccc2N2c3c(cccc31)C1C=C(c3ccc4c(c3)c3cccc5c3n4-c3ccccc3C5(C)C)C=CC12C. The number of para-hydroxylation sites is 4. The Morgan fingerprint density at radius 3 is 2.09 bits per heavy atom. The number of nitrogens with zero attached hydrogens (tertiary/aromatic N) is 2. The maximum absolute atomic E-state index is 2.64. The Balaban J connectivity index is 1.17. The Hall–Kier alpha value is -4.82. The lowest BCUT2D eigenvalue weighted by molar-refractivity contribution is 0.529. The molecule has 0 spiro atoms. The molecular formula is C43H36N2. The van der Waals surface area contributed by atoms with Gasteiger partial charge >= 0.3 is 0 Å². The highest BCUT2D eigenvalue weighted by Crippen LogP contribution is 2.62. The zero-order valence-electron chi connectivity index (χ0n) is 26.5. The van der Waals surface area contributed by atoms with Crippen LogP contribution in [0.15, 0.2) is 121 Å². The summed E-state index contributed by atoms with van der Waals surface area (Å²) in [6.07, 6.45) is 7.41. The van der Waals surface area contributed by atoms with E-state index >= 15 is 0 Å². The molecule has 2 nitrogen and oxygen atoms in total. The van der Waals surface area contributed by atoms with Gasteiger partial charge in [-0.15, -0.1) is 0 Å². The van der Waals surface area contributed by atoms with Gasteiger partial charge in [0.2, 0.25) is 0 Å². The minimum absolute atomic E-state index is 0.0481. The fourth-order valence-electron chi connectivity index (χ4n) is 9.45. The lowest BCUT2D eigenvalue weighted by atomic mass is 9.73. The molecule has 2 heteroatoms. The molecule has 0 fully saturated rings. The predicted molar refractivity (Wildman–Crippen MR) is 188 cm³/mol. The van der Waals surface area contributed by atoms with Gasteiger partial charge in [-0.1, -0.05) is 125 Å². The van der Waals surface area contributed by atoms with Crippen LogP contribution in [0.2, 0.25) is 0 Å². The fourth-order valence-corrected chi connectivity index (χ4v) is 9.45. The Kier molecular flexibility index (Phi) is 4.57. The molecule has 1 aromatic heterocycles. The van der Waals surface area contributed by atoms with Gasteiger partial charge in [0.25, 0.3) is 0 Å². The van der Waals surface area contributed by atoms with Crippen LogP contribution >= 0.6 is 0 Å². The first-order valence-electron chi connectivity index (χ1n) is 16.3. The molecule has 0 amide bonds. The van der Waals surface area contributed by atoms with E-state index in [4.69, 9.17) is 0 Å². The molecule has 0 radical (unpaired) electrons. The first-order valence-corrected chi connectivity index (χ1v) is 16.3.